The Balaban J connectivity index is 1.73. The van der Waals surface area contributed by atoms with E-state index in [2.05, 4.69) is 20.3 Å². The van der Waals surface area contributed by atoms with Crippen molar-refractivity contribution in [3.8, 4) is 10.7 Å². The molecule has 0 spiro atoms. The first-order valence-electron chi connectivity index (χ1n) is 10.1. The maximum atomic E-state index is 14.1. The maximum Gasteiger partial charge on any atom is 0.281 e. The normalized spacial score (nSPS) is 21.8. The fraction of sp³-hybridized carbons (Fsp3) is 0.500. The zero-order chi connectivity index (χ0) is 21.3. The number of hydrogen-bond acceptors (Lipinski definition) is 7. The van der Waals surface area contributed by atoms with Crippen molar-refractivity contribution in [3.05, 3.63) is 28.0 Å². The van der Waals surface area contributed by atoms with Gasteiger partial charge in [0.1, 0.15) is 28.7 Å². The molecule has 0 bridgehead atoms. The Morgan fingerprint density at radius 2 is 2.07 bits per heavy atom. The van der Waals surface area contributed by atoms with Crippen LogP contribution in [0, 0.1) is 5.92 Å². The van der Waals surface area contributed by atoms with Crippen LogP contribution in [0.25, 0.3) is 21.9 Å². The van der Waals surface area contributed by atoms with Crippen LogP contribution in [0.4, 0.5) is 20.3 Å². The Labute approximate surface area is 176 Å². The van der Waals surface area contributed by atoms with Gasteiger partial charge in [0.05, 0.1) is 5.69 Å². The lowest BCUT2D eigenvalue weighted by Gasteiger charge is -2.29. The largest absolute Gasteiger partial charge is 0.397 e. The Bertz CT molecular complexity index is 1080. The number of fused-ring (bicyclic) bond motifs is 1. The topological polar surface area (TPSA) is 98.7 Å². The van der Waals surface area contributed by atoms with Crippen molar-refractivity contribution in [1.82, 2.24) is 19.5 Å². The van der Waals surface area contributed by atoms with Crippen LogP contribution in [-0.2, 0) is 6.54 Å². The van der Waals surface area contributed by atoms with Gasteiger partial charge in [-0.2, -0.15) is 0 Å². The minimum atomic E-state index is -1.18. The highest BCUT2D eigenvalue weighted by Crippen LogP contribution is 2.30. The molecular formula is C20H24F2N6OS. The van der Waals surface area contributed by atoms with Crippen molar-refractivity contribution >= 4 is 34.0 Å². The average Bonchev–Trinajstić information content (AvgIpc) is 3.24. The van der Waals surface area contributed by atoms with Gasteiger partial charge in [-0.15, -0.1) is 11.3 Å². The zero-order valence-electron chi connectivity index (χ0n) is 16.6. The van der Waals surface area contributed by atoms with Crippen LogP contribution in [0.1, 0.15) is 32.6 Å². The summed E-state index contributed by atoms with van der Waals surface area (Å²) < 4.78 is 29.8. The summed E-state index contributed by atoms with van der Waals surface area (Å²) in [6.07, 6.45) is 1.28. The molecule has 10 heteroatoms. The van der Waals surface area contributed by atoms with E-state index in [-0.39, 0.29) is 17.8 Å². The van der Waals surface area contributed by atoms with Crippen molar-refractivity contribution in [1.29, 1.82) is 0 Å². The van der Waals surface area contributed by atoms with E-state index >= 15 is 0 Å². The van der Waals surface area contributed by atoms with E-state index in [0.29, 0.717) is 59.9 Å². The smallest absolute Gasteiger partial charge is 0.281 e. The van der Waals surface area contributed by atoms with Gasteiger partial charge in [0.2, 0.25) is 0 Å². The molecule has 3 aromatic heterocycles. The first-order chi connectivity index (χ1) is 14.5. The van der Waals surface area contributed by atoms with E-state index in [1.54, 1.807) is 17.6 Å². The molecule has 1 aliphatic rings. The predicted octanol–water partition coefficient (Wildman–Crippen LogP) is 3.80. The van der Waals surface area contributed by atoms with Crippen LogP contribution < -0.4 is 16.6 Å². The fourth-order valence-corrected chi connectivity index (χ4v) is 4.49. The first kappa shape index (κ1) is 20.6. The first-order valence-corrected chi connectivity index (χ1v) is 11.0. The molecule has 4 rings (SSSR count). The van der Waals surface area contributed by atoms with Gasteiger partial charge < -0.3 is 11.1 Å². The lowest BCUT2D eigenvalue weighted by atomic mass is 9.86. The minimum Gasteiger partial charge on any atom is -0.397 e. The number of halogens is 2. The maximum absolute atomic E-state index is 14.1. The molecule has 30 heavy (non-hydrogen) atoms. The van der Waals surface area contributed by atoms with E-state index in [1.165, 1.54) is 15.9 Å². The predicted molar refractivity (Wildman–Crippen MR) is 115 cm³/mol. The Hall–Kier alpha value is -2.62. The number of nitrogen functional groups attached to an aromatic ring is 1. The summed E-state index contributed by atoms with van der Waals surface area (Å²) in [4.78, 5) is 26.2. The van der Waals surface area contributed by atoms with Crippen LogP contribution in [0.3, 0.4) is 0 Å². The number of rotatable bonds is 6. The summed E-state index contributed by atoms with van der Waals surface area (Å²) in [5, 5.41) is 5.32. The monoisotopic (exact) mass is 434 g/mol. The number of aryl methyl sites for hydroxylation is 1. The van der Waals surface area contributed by atoms with Crippen molar-refractivity contribution in [2.75, 3.05) is 17.6 Å². The number of alkyl halides is 2. The molecule has 3 heterocycles. The molecule has 0 radical (unpaired) electrons. The number of pyridine rings is 1. The average molecular weight is 435 g/mol. The van der Waals surface area contributed by atoms with Crippen molar-refractivity contribution in [3.63, 3.8) is 0 Å². The number of nitrogens with two attached hydrogens (primary N) is 1. The molecule has 0 saturated heterocycles. The molecule has 1 saturated carbocycles. The molecule has 160 valence electrons. The Morgan fingerprint density at radius 1 is 1.30 bits per heavy atom. The summed E-state index contributed by atoms with van der Waals surface area (Å²) in [6.45, 7) is 2.51. The molecule has 0 aliphatic heterocycles. The van der Waals surface area contributed by atoms with Crippen molar-refractivity contribution in [2.24, 2.45) is 5.92 Å². The molecule has 2 atom stereocenters. The molecule has 3 aromatic rings. The van der Waals surface area contributed by atoms with E-state index in [9.17, 15) is 13.6 Å². The number of nitrogens with zero attached hydrogens (tertiary/aromatic N) is 4. The van der Waals surface area contributed by atoms with Crippen LogP contribution in [-0.4, -0.2) is 38.4 Å². The van der Waals surface area contributed by atoms with Gasteiger partial charge in [0, 0.05) is 36.7 Å². The summed E-state index contributed by atoms with van der Waals surface area (Å²) in [5.41, 5.74) is 7.28. The molecule has 0 aromatic carbocycles. The van der Waals surface area contributed by atoms with E-state index in [1.807, 2.05) is 6.92 Å². The molecule has 7 nitrogen and oxygen atoms in total. The second kappa shape index (κ2) is 8.63. The van der Waals surface area contributed by atoms with Crippen LogP contribution >= 0.6 is 11.3 Å². The third kappa shape index (κ3) is 3.88. The highest BCUT2D eigenvalue weighted by Gasteiger charge is 2.33. The van der Waals surface area contributed by atoms with E-state index in [0.717, 1.165) is 0 Å². The van der Waals surface area contributed by atoms with E-state index < -0.39 is 18.3 Å². The second-order valence-electron chi connectivity index (χ2n) is 7.53. The molecular weight excluding hydrogens is 410 g/mol. The number of nitrogens with one attached hydrogen (secondary N) is 1. The summed E-state index contributed by atoms with van der Waals surface area (Å²) in [6, 6.07) is 1.59. The fourth-order valence-electron chi connectivity index (χ4n) is 3.87. The van der Waals surface area contributed by atoms with Crippen LogP contribution in [0.5, 0.6) is 0 Å². The van der Waals surface area contributed by atoms with Gasteiger partial charge in [-0.3, -0.25) is 9.36 Å². The lowest BCUT2D eigenvalue weighted by molar-refractivity contribution is 0.0842. The van der Waals surface area contributed by atoms with Gasteiger partial charge in [0.25, 0.3) is 5.56 Å². The van der Waals surface area contributed by atoms with Crippen LogP contribution in [0.15, 0.2) is 22.4 Å². The molecule has 3 N–H and O–H groups in total. The van der Waals surface area contributed by atoms with Crippen molar-refractivity contribution < 1.29 is 8.78 Å². The molecule has 2 unspecified atom stereocenters. The Morgan fingerprint density at radius 3 is 2.73 bits per heavy atom. The summed E-state index contributed by atoms with van der Waals surface area (Å²) in [7, 11) is 0. The van der Waals surface area contributed by atoms with Crippen LogP contribution in [0.2, 0.25) is 0 Å². The highest BCUT2D eigenvalue weighted by atomic mass is 32.1. The lowest BCUT2D eigenvalue weighted by Crippen LogP contribution is -2.36. The standard InChI is InChI=1S/C20H24F2N6OS/c1-2-7-28-18-16(27-17(20(28)29)19-24-6-8-30-19)14(23)9-15(26-18)25-10-11-12(21)4-3-5-13(11)22/h6,8-9,11-13H,2-5,7,10H2,1H3,(H3,23,25,26). The van der Waals surface area contributed by atoms with Gasteiger partial charge in [-0.1, -0.05) is 6.92 Å². The van der Waals surface area contributed by atoms with Crippen molar-refractivity contribution in [2.45, 2.75) is 51.5 Å². The zero-order valence-corrected chi connectivity index (χ0v) is 17.5. The number of thiazole rings is 1. The minimum absolute atomic E-state index is 0.114. The number of anilines is 2. The molecule has 1 fully saturated rings. The second-order valence-corrected chi connectivity index (χ2v) is 8.43. The van der Waals surface area contributed by atoms with E-state index in [4.69, 9.17) is 5.73 Å². The SMILES string of the molecule is CCCn1c(=O)c(-c2nccs2)nc2c(N)cc(NCC3C(F)CCCC3F)nc21. The Kier molecular flexibility index (Phi) is 5.94. The van der Waals surface area contributed by atoms with Gasteiger partial charge >= 0.3 is 0 Å². The van der Waals surface area contributed by atoms with Gasteiger partial charge in [-0.05, 0) is 25.7 Å². The van der Waals surface area contributed by atoms with Gasteiger partial charge in [0.15, 0.2) is 11.3 Å². The third-order valence-corrected chi connectivity index (χ3v) is 6.20. The third-order valence-electron chi connectivity index (χ3n) is 5.42. The number of aromatic nitrogens is 4. The molecule has 0 amide bonds. The molecule has 1 aliphatic carbocycles. The number of hydrogen-bond donors (Lipinski definition) is 2. The quantitative estimate of drug-likeness (QED) is 0.612. The highest BCUT2D eigenvalue weighted by molar-refractivity contribution is 7.13. The van der Waals surface area contributed by atoms with Gasteiger partial charge in [-0.25, -0.2) is 23.7 Å². The summed E-state index contributed by atoms with van der Waals surface area (Å²) in [5.74, 6) is -0.348. The summed E-state index contributed by atoms with van der Waals surface area (Å²) >= 11 is 1.33.